The quantitative estimate of drug-likeness (QED) is 0.321. The first-order valence-corrected chi connectivity index (χ1v) is 10.9. The lowest BCUT2D eigenvalue weighted by molar-refractivity contribution is 0.0952. The highest BCUT2D eigenvalue weighted by atomic mass is 32.2. The van der Waals surface area contributed by atoms with Crippen molar-refractivity contribution in [3.05, 3.63) is 82.9 Å². The Kier molecular flexibility index (Phi) is 6.79. The van der Waals surface area contributed by atoms with E-state index in [0.29, 0.717) is 11.1 Å². The van der Waals surface area contributed by atoms with E-state index in [1.807, 2.05) is 6.07 Å². The number of carbonyl (C=O) groups excluding carboxylic acids is 1. The van der Waals surface area contributed by atoms with Gasteiger partial charge in [0.25, 0.3) is 5.91 Å². The lowest BCUT2D eigenvalue weighted by atomic mass is 10.2. The minimum atomic E-state index is -4.07. The van der Waals surface area contributed by atoms with Crippen molar-refractivity contribution >= 4 is 22.2 Å². The molecule has 0 bridgehead atoms. The van der Waals surface area contributed by atoms with E-state index in [1.165, 1.54) is 37.6 Å². The summed E-state index contributed by atoms with van der Waals surface area (Å²) in [5, 5.41) is 13.6. The van der Waals surface area contributed by atoms with Crippen LogP contribution in [0.3, 0.4) is 0 Å². The van der Waals surface area contributed by atoms with Crippen LogP contribution in [-0.2, 0) is 10.1 Å². The number of carbonyl (C=O) groups is 1. The second-order valence-electron chi connectivity index (χ2n) is 6.93. The van der Waals surface area contributed by atoms with Crippen molar-refractivity contribution in [3.63, 3.8) is 0 Å². The van der Waals surface area contributed by atoms with Gasteiger partial charge in [0.2, 0.25) is 0 Å². The number of hydrogen-bond donors (Lipinski definition) is 2. The Morgan fingerprint density at radius 1 is 1.03 bits per heavy atom. The molecule has 0 fully saturated rings. The maximum atomic E-state index is 12.8. The number of nitrogens with zero attached hydrogens (tertiary/aromatic N) is 1. The van der Waals surface area contributed by atoms with Gasteiger partial charge in [-0.05, 0) is 66.9 Å². The maximum absolute atomic E-state index is 12.8. The molecule has 32 heavy (non-hydrogen) atoms. The maximum Gasteiger partial charge on any atom is 0.339 e. The van der Waals surface area contributed by atoms with Crippen LogP contribution in [0.25, 0.3) is 0 Å². The van der Waals surface area contributed by atoms with Crippen LogP contribution in [0.15, 0.2) is 70.7 Å². The molecule has 0 atom stereocenters. The first-order valence-electron chi connectivity index (χ1n) is 9.52. The number of hydrogen-bond acceptors (Lipinski definition) is 7. The number of methoxy groups -OCH3 is 1. The molecule has 0 heterocycles. The molecule has 0 unspecified atom stereocenters. The number of aromatic hydroxyl groups is 1. The summed E-state index contributed by atoms with van der Waals surface area (Å²) in [4.78, 5) is 12.2. The predicted molar refractivity (Wildman–Crippen MR) is 120 cm³/mol. The van der Waals surface area contributed by atoms with Gasteiger partial charge in [-0.25, -0.2) is 5.43 Å². The van der Waals surface area contributed by atoms with Gasteiger partial charge in [0, 0.05) is 0 Å². The second kappa shape index (κ2) is 9.52. The van der Waals surface area contributed by atoms with Gasteiger partial charge in [0.1, 0.15) is 10.6 Å². The zero-order valence-electron chi connectivity index (χ0n) is 17.7. The fourth-order valence-electron chi connectivity index (χ4n) is 2.86. The summed E-state index contributed by atoms with van der Waals surface area (Å²) in [5.41, 5.74) is 4.29. The van der Waals surface area contributed by atoms with Crippen molar-refractivity contribution in [2.75, 3.05) is 7.11 Å². The smallest absolute Gasteiger partial charge is 0.339 e. The van der Waals surface area contributed by atoms with Crippen molar-refractivity contribution in [3.8, 4) is 17.2 Å². The summed E-state index contributed by atoms with van der Waals surface area (Å²) in [5.74, 6) is -0.544. The van der Waals surface area contributed by atoms with E-state index in [9.17, 15) is 18.3 Å². The van der Waals surface area contributed by atoms with E-state index in [1.54, 1.807) is 44.2 Å². The molecule has 0 aliphatic carbocycles. The van der Waals surface area contributed by atoms with Crippen LogP contribution in [-0.4, -0.2) is 32.8 Å². The second-order valence-corrected chi connectivity index (χ2v) is 8.45. The number of amides is 1. The molecule has 1 amide bonds. The minimum Gasteiger partial charge on any atom is -0.507 e. The van der Waals surface area contributed by atoms with E-state index >= 15 is 0 Å². The molecule has 0 aliphatic rings. The Hall–Kier alpha value is -3.85. The van der Waals surface area contributed by atoms with Gasteiger partial charge in [-0.2, -0.15) is 13.5 Å². The number of para-hydroxylation sites is 1. The highest BCUT2D eigenvalue weighted by molar-refractivity contribution is 7.87. The molecule has 0 radical (unpaired) electrons. The number of benzene rings is 3. The zero-order valence-corrected chi connectivity index (χ0v) is 18.5. The van der Waals surface area contributed by atoms with Gasteiger partial charge in [0.05, 0.1) is 18.9 Å². The molecule has 2 N–H and O–H groups in total. The standard InChI is InChI=1S/C23H22N2O6S/c1-15-8-9-16(2)22(12-15)32(28,29)31-20-11-10-17(13-21(20)30-3)14-24-25-23(27)18-6-4-5-7-19(18)26/h4-14,26H,1-3H3,(H,25,27). The molecular formula is C23H22N2O6S. The zero-order chi connectivity index (χ0) is 23.3. The lowest BCUT2D eigenvalue weighted by Gasteiger charge is -2.13. The van der Waals surface area contributed by atoms with Crippen molar-refractivity contribution in [1.82, 2.24) is 5.43 Å². The average molecular weight is 455 g/mol. The Balaban J connectivity index is 1.77. The van der Waals surface area contributed by atoms with Gasteiger partial charge in [-0.15, -0.1) is 0 Å². The summed E-state index contributed by atoms with van der Waals surface area (Å²) in [7, 11) is -2.69. The first kappa shape index (κ1) is 22.8. The number of hydrazone groups is 1. The number of phenols is 1. The third kappa shape index (κ3) is 5.25. The minimum absolute atomic E-state index is 0.0174. The van der Waals surface area contributed by atoms with E-state index in [2.05, 4.69) is 10.5 Å². The van der Waals surface area contributed by atoms with Gasteiger partial charge < -0.3 is 14.0 Å². The Morgan fingerprint density at radius 3 is 2.50 bits per heavy atom. The topological polar surface area (TPSA) is 114 Å². The number of ether oxygens (including phenoxy) is 1. The monoisotopic (exact) mass is 454 g/mol. The van der Waals surface area contributed by atoms with Gasteiger partial charge in [0.15, 0.2) is 11.5 Å². The predicted octanol–water partition coefficient (Wildman–Crippen LogP) is 3.55. The summed E-state index contributed by atoms with van der Waals surface area (Å²) in [6.45, 7) is 3.49. The summed E-state index contributed by atoms with van der Waals surface area (Å²) in [6.07, 6.45) is 1.35. The van der Waals surface area contributed by atoms with Crippen molar-refractivity contribution < 1.29 is 27.2 Å². The van der Waals surface area contributed by atoms with E-state index in [-0.39, 0.29) is 27.7 Å². The summed E-state index contributed by atoms with van der Waals surface area (Å²) in [6, 6.07) is 15.7. The fraction of sp³-hybridized carbons (Fsp3) is 0.130. The lowest BCUT2D eigenvalue weighted by Crippen LogP contribution is -2.17. The van der Waals surface area contributed by atoms with E-state index < -0.39 is 16.0 Å². The summed E-state index contributed by atoms with van der Waals surface area (Å²) >= 11 is 0. The Morgan fingerprint density at radius 2 is 1.78 bits per heavy atom. The van der Waals surface area contributed by atoms with Gasteiger partial charge in [-0.1, -0.05) is 24.3 Å². The SMILES string of the molecule is COc1cc(C=NNC(=O)c2ccccc2O)ccc1OS(=O)(=O)c1cc(C)ccc1C. The molecule has 3 aromatic carbocycles. The number of phenolic OH excluding ortho intramolecular Hbond substituents is 1. The van der Waals surface area contributed by atoms with Gasteiger partial charge in [-0.3, -0.25) is 4.79 Å². The third-order valence-electron chi connectivity index (χ3n) is 4.53. The molecule has 9 heteroatoms. The molecule has 0 aliphatic heterocycles. The van der Waals surface area contributed by atoms with E-state index in [0.717, 1.165) is 5.56 Å². The highest BCUT2D eigenvalue weighted by Crippen LogP contribution is 2.31. The van der Waals surface area contributed by atoms with Crippen molar-refractivity contribution in [2.45, 2.75) is 18.7 Å². The van der Waals surface area contributed by atoms with Crippen LogP contribution in [0.1, 0.15) is 27.0 Å². The number of aryl methyl sites for hydroxylation is 2. The van der Waals surface area contributed by atoms with E-state index in [4.69, 9.17) is 8.92 Å². The van der Waals surface area contributed by atoms with Crippen molar-refractivity contribution in [2.24, 2.45) is 5.10 Å². The van der Waals surface area contributed by atoms with Crippen LogP contribution in [0.2, 0.25) is 0 Å². The van der Waals surface area contributed by atoms with Crippen LogP contribution in [0, 0.1) is 13.8 Å². The van der Waals surface area contributed by atoms with Crippen molar-refractivity contribution in [1.29, 1.82) is 0 Å². The first-order chi connectivity index (χ1) is 15.2. The molecule has 3 rings (SSSR count). The average Bonchev–Trinajstić information content (AvgIpc) is 2.76. The van der Waals surface area contributed by atoms with Crippen LogP contribution in [0.5, 0.6) is 17.2 Å². The fourth-order valence-corrected chi connectivity index (χ4v) is 4.12. The van der Waals surface area contributed by atoms with Crippen LogP contribution < -0.4 is 14.3 Å². The molecular weight excluding hydrogens is 432 g/mol. The molecule has 166 valence electrons. The highest BCUT2D eigenvalue weighted by Gasteiger charge is 2.21. The van der Waals surface area contributed by atoms with Gasteiger partial charge >= 0.3 is 10.1 Å². The molecule has 3 aromatic rings. The normalized spacial score (nSPS) is 11.3. The number of rotatable bonds is 7. The molecule has 0 aromatic heterocycles. The third-order valence-corrected chi connectivity index (χ3v) is 5.91. The molecule has 0 spiro atoms. The Bertz CT molecular complexity index is 1290. The largest absolute Gasteiger partial charge is 0.507 e. The molecule has 8 nitrogen and oxygen atoms in total. The molecule has 0 saturated carbocycles. The summed E-state index contributed by atoms with van der Waals surface area (Å²) < 4.78 is 36.1. The Labute approximate surface area is 186 Å². The molecule has 0 saturated heterocycles. The van der Waals surface area contributed by atoms with Crippen LogP contribution in [0.4, 0.5) is 0 Å². The number of nitrogens with one attached hydrogen (secondary N) is 1. The van der Waals surface area contributed by atoms with Crippen LogP contribution >= 0.6 is 0 Å².